The molecule has 0 aromatic carbocycles. The Hall–Kier alpha value is -0.880. The van der Waals surface area contributed by atoms with Crippen molar-refractivity contribution in [1.82, 2.24) is 9.97 Å². The molecule has 0 aliphatic rings. The Morgan fingerprint density at radius 3 is 2.38 bits per heavy atom. The molecule has 0 spiro atoms. The molecule has 5 nitrogen and oxygen atoms in total. The normalized spacial score (nSPS) is 10.0. The van der Waals surface area contributed by atoms with Gasteiger partial charge in [0.05, 0.1) is 5.69 Å². The number of aromatic amines is 1. The van der Waals surface area contributed by atoms with Crippen LogP contribution in [0.4, 0.5) is 0 Å². The summed E-state index contributed by atoms with van der Waals surface area (Å²) in [7, 11) is -3.44. The maximum atomic E-state index is 10.5. The molecular weight excluding hydrogens is 190 g/mol. The zero-order valence-corrected chi connectivity index (χ0v) is 6.85. The maximum Gasteiger partial charge on any atom is 0.214 e. The van der Waals surface area contributed by atoms with E-state index in [1.165, 1.54) is 6.20 Å². The Bertz CT molecular complexity index is 342. The SMILES string of the molecule is C.C.Cc1ncc(CS(N)(=O)=O)[nH]1. The number of imidazole rings is 1. The Kier molecular flexibility index (Phi) is 5.61. The summed E-state index contributed by atoms with van der Waals surface area (Å²) in [4.78, 5) is 6.59. The summed E-state index contributed by atoms with van der Waals surface area (Å²) in [6.07, 6.45) is 1.46. The molecule has 3 N–H and O–H groups in total. The fourth-order valence-corrected chi connectivity index (χ4v) is 1.34. The molecule has 1 heterocycles. The van der Waals surface area contributed by atoms with Gasteiger partial charge in [-0.3, -0.25) is 0 Å². The van der Waals surface area contributed by atoms with Gasteiger partial charge in [0.15, 0.2) is 0 Å². The highest BCUT2D eigenvalue weighted by atomic mass is 32.2. The molecule has 0 fully saturated rings. The van der Waals surface area contributed by atoms with Crippen molar-refractivity contribution in [2.75, 3.05) is 0 Å². The number of nitrogens with one attached hydrogen (secondary N) is 1. The summed E-state index contributed by atoms with van der Waals surface area (Å²) >= 11 is 0. The zero-order valence-electron chi connectivity index (χ0n) is 6.03. The quantitative estimate of drug-likeness (QED) is 0.751. The van der Waals surface area contributed by atoms with Gasteiger partial charge in [0.1, 0.15) is 11.6 Å². The van der Waals surface area contributed by atoms with Gasteiger partial charge in [-0.1, -0.05) is 14.9 Å². The number of aryl methyl sites for hydroxylation is 1. The highest BCUT2D eigenvalue weighted by Crippen LogP contribution is 1.98. The van der Waals surface area contributed by atoms with Crippen LogP contribution in [0.1, 0.15) is 26.4 Å². The number of primary sulfonamides is 1. The lowest BCUT2D eigenvalue weighted by atomic mass is 10.6. The molecule has 0 saturated carbocycles. The Morgan fingerprint density at radius 2 is 2.08 bits per heavy atom. The second kappa shape index (κ2) is 4.98. The van der Waals surface area contributed by atoms with Gasteiger partial charge < -0.3 is 4.98 Å². The predicted octanol–water partition coefficient (Wildman–Crippen LogP) is 0.779. The number of hydrogen-bond acceptors (Lipinski definition) is 3. The Morgan fingerprint density at radius 1 is 1.54 bits per heavy atom. The minimum Gasteiger partial charge on any atom is -0.345 e. The van der Waals surface area contributed by atoms with Crippen LogP contribution in [-0.2, 0) is 15.8 Å². The van der Waals surface area contributed by atoms with Gasteiger partial charge in [0.25, 0.3) is 0 Å². The summed E-state index contributed by atoms with van der Waals surface area (Å²) in [6.45, 7) is 1.74. The number of hydrogen-bond donors (Lipinski definition) is 2. The molecule has 0 saturated heterocycles. The van der Waals surface area contributed by atoms with Gasteiger partial charge in [-0.25, -0.2) is 18.5 Å². The first-order chi connectivity index (χ1) is 4.97. The summed E-state index contributed by atoms with van der Waals surface area (Å²) < 4.78 is 21.1. The molecular formula is C7H17N3O2S. The van der Waals surface area contributed by atoms with E-state index in [1.54, 1.807) is 6.92 Å². The fraction of sp³-hybridized carbons (Fsp3) is 0.571. The van der Waals surface area contributed by atoms with Crippen LogP contribution in [0.25, 0.3) is 0 Å². The lowest BCUT2D eigenvalue weighted by Crippen LogP contribution is -2.14. The van der Waals surface area contributed by atoms with E-state index in [4.69, 9.17) is 5.14 Å². The molecule has 13 heavy (non-hydrogen) atoms. The van der Waals surface area contributed by atoms with Gasteiger partial charge in [0, 0.05) is 6.20 Å². The molecule has 0 amide bonds. The molecule has 6 heteroatoms. The second-order valence-electron chi connectivity index (χ2n) is 2.30. The lowest BCUT2D eigenvalue weighted by molar-refractivity contribution is 0.596. The van der Waals surface area contributed by atoms with Crippen LogP contribution in [0.3, 0.4) is 0 Å². The highest BCUT2D eigenvalue weighted by molar-refractivity contribution is 7.88. The predicted molar refractivity (Wildman–Crippen MR) is 53.6 cm³/mol. The summed E-state index contributed by atoms with van der Waals surface area (Å²) in [6, 6.07) is 0. The van der Waals surface area contributed by atoms with Gasteiger partial charge in [-0.2, -0.15) is 0 Å². The van der Waals surface area contributed by atoms with E-state index in [-0.39, 0.29) is 20.6 Å². The van der Waals surface area contributed by atoms with Gasteiger partial charge in [-0.05, 0) is 6.92 Å². The van der Waals surface area contributed by atoms with E-state index >= 15 is 0 Å². The molecule has 0 aliphatic heterocycles. The van der Waals surface area contributed by atoms with Crippen LogP contribution in [0.5, 0.6) is 0 Å². The van der Waals surface area contributed by atoms with E-state index in [1.807, 2.05) is 0 Å². The van der Waals surface area contributed by atoms with Crippen molar-refractivity contribution in [2.24, 2.45) is 5.14 Å². The number of rotatable bonds is 2. The van der Waals surface area contributed by atoms with Crippen molar-refractivity contribution in [2.45, 2.75) is 27.5 Å². The average molecular weight is 207 g/mol. The van der Waals surface area contributed by atoms with Crippen LogP contribution in [0.15, 0.2) is 6.20 Å². The van der Waals surface area contributed by atoms with Gasteiger partial charge >= 0.3 is 0 Å². The third-order valence-corrected chi connectivity index (χ3v) is 1.83. The van der Waals surface area contributed by atoms with Crippen molar-refractivity contribution < 1.29 is 8.42 Å². The Balaban J connectivity index is 0. The molecule has 0 atom stereocenters. The number of sulfonamides is 1. The molecule has 0 unspecified atom stereocenters. The minimum absolute atomic E-state index is 0. The smallest absolute Gasteiger partial charge is 0.214 e. The first kappa shape index (κ1) is 14.6. The van der Waals surface area contributed by atoms with Crippen molar-refractivity contribution in [3.8, 4) is 0 Å². The third kappa shape index (κ3) is 5.37. The number of aromatic nitrogens is 2. The van der Waals surface area contributed by atoms with Crippen LogP contribution in [0, 0.1) is 6.92 Å². The molecule has 0 bridgehead atoms. The Labute approximate surface area is 79.4 Å². The maximum absolute atomic E-state index is 10.5. The second-order valence-corrected chi connectivity index (χ2v) is 3.92. The number of nitrogens with two attached hydrogens (primary N) is 1. The van der Waals surface area contributed by atoms with Gasteiger partial charge in [-0.15, -0.1) is 0 Å². The molecule has 0 aliphatic carbocycles. The van der Waals surface area contributed by atoms with E-state index < -0.39 is 10.0 Å². The standard InChI is InChI=1S/C5H9N3O2S.2CH4/c1-4-7-2-5(8-4)3-11(6,9)10;;/h2H,3H2,1H3,(H,7,8)(H2,6,9,10);2*1H4. The largest absolute Gasteiger partial charge is 0.345 e. The van der Waals surface area contributed by atoms with Crippen molar-refractivity contribution in [1.29, 1.82) is 0 Å². The first-order valence-electron chi connectivity index (χ1n) is 2.98. The van der Waals surface area contributed by atoms with Crippen LogP contribution >= 0.6 is 0 Å². The molecule has 0 radical (unpaired) electrons. The number of nitrogens with zero attached hydrogens (tertiary/aromatic N) is 1. The summed E-state index contributed by atoms with van der Waals surface area (Å²) in [5, 5.41) is 4.80. The highest BCUT2D eigenvalue weighted by Gasteiger charge is 2.05. The van der Waals surface area contributed by atoms with E-state index in [9.17, 15) is 8.42 Å². The number of H-pyrrole nitrogens is 1. The van der Waals surface area contributed by atoms with Crippen LogP contribution in [-0.4, -0.2) is 18.4 Å². The van der Waals surface area contributed by atoms with Crippen LogP contribution in [0.2, 0.25) is 0 Å². The zero-order chi connectivity index (χ0) is 8.48. The first-order valence-corrected chi connectivity index (χ1v) is 4.70. The van der Waals surface area contributed by atoms with E-state index in [0.717, 1.165) is 0 Å². The van der Waals surface area contributed by atoms with Crippen molar-refractivity contribution in [3.05, 3.63) is 17.7 Å². The summed E-state index contributed by atoms with van der Waals surface area (Å²) in [5.74, 6) is 0.497. The van der Waals surface area contributed by atoms with Crippen molar-refractivity contribution >= 4 is 10.0 Å². The van der Waals surface area contributed by atoms with E-state index in [2.05, 4.69) is 9.97 Å². The van der Waals surface area contributed by atoms with Crippen LogP contribution < -0.4 is 5.14 Å². The monoisotopic (exact) mass is 207 g/mol. The average Bonchev–Trinajstić information content (AvgIpc) is 2.10. The molecule has 78 valence electrons. The topological polar surface area (TPSA) is 88.8 Å². The lowest BCUT2D eigenvalue weighted by Gasteiger charge is -1.91. The van der Waals surface area contributed by atoms with E-state index in [0.29, 0.717) is 11.5 Å². The summed E-state index contributed by atoms with van der Waals surface area (Å²) in [5.41, 5.74) is 0.519. The molecule has 1 aromatic heterocycles. The van der Waals surface area contributed by atoms with Gasteiger partial charge in [0.2, 0.25) is 10.0 Å². The molecule has 1 aromatic rings. The van der Waals surface area contributed by atoms with Crippen molar-refractivity contribution in [3.63, 3.8) is 0 Å². The third-order valence-electron chi connectivity index (χ3n) is 1.11. The fourth-order valence-electron chi connectivity index (χ4n) is 0.762. The minimum atomic E-state index is -3.44. The molecule has 1 rings (SSSR count).